The van der Waals surface area contributed by atoms with Gasteiger partial charge in [-0.15, -0.1) is 0 Å². The Labute approximate surface area is 125 Å². The summed E-state index contributed by atoms with van der Waals surface area (Å²) < 4.78 is 4.79. The van der Waals surface area contributed by atoms with Gasteiger partial charge in [0, 0.05) is 19.1 Å². The molecule has 1 aromatic carbocycles. The Hall–Kier alpha value is -1.75. The average molecular weight is 289 g/mol. The zero-order chi connectivity index (χ0) is 14.8. The van der Waals surface area contributed by atoms with Crippen LogP contribution in [0.2, 0.25) is 0 Å². The monoisotopic (exact) mass is 289 g/mol. The molecule has 5 nitrogen and oxygen atoms in total. The van der Waals surface area contributed by atoms with Crippen molar-refractivity contribution in [2.75, 3.05) is 43.9 Å². The van der Waals surface area contributed by atoms with E-state index in [1.54, 1.807) is 12.1 Å². The van der Waals surface area contributed by atoms with E-state index in [1.165, 1.54) is 39.5 Å². The number of methoxy groups -OCH3 is 1. The van der Waals surface area contributed by atoms with Crippen LogP contribution in [0.25, 0.3) is 0 Å². The van der Waals surface area contributed by atoms with Crippen LogP contribution in [-0.2, 0) is 4.74 Å². The van der Waals surface area contributed by atoms with Crippen LogP contribution in [0.3, 0.4) is 0 Å². The fourth-order valence-corrected chi connectivity index (χ4v) is 3.43. The van der Waals surface area contributed by atoms with Gasteiger partial charge in [0.1, 0.15) is 0 Å². The molecule has 0 aromatic heterocycles. The molecule has 0 amide bonds. The van der Waals surface area contributed by atoms with Crippen LogP contribution in [0.15, 0.2) is 18.2 Å². The average Bonchev–Trinajstić information content (AvgIpc) is 3.17. The predicted octanol–water partition coefficient (Wildman–Crippen LogP) is 1.73. The molecule has 2 heterocycles. The molecule has 21 heavy (non-hydrogen) atoms. The third-order valence-corrected chi connectivity index (χ3v) is 4.61. The first kappa shape index (κ1) is 14.2. The fraction of sp³-hybridized carbons (Fsp3) is 0.562. The highest BCUT2D eigenvalue weighted by atomic mass is 16.5. The van der Waals surface area contributed by atoms with E-state index in [0.29, 0.717) is 11.6 Å². The molecule has 114 valence electrons. The molecule has 1 aromatic rings. The second kappa shape index (κ2) is 5.93. The molecular formula is C16H23N3O2. The van der Waals surface area contributed by atoms with Gasteiger partial charge in [0.05, 0.1) is 24.0 Å². The number of nitrogens with two attached hydrogens (primary N) is 1. The molecule has 2 aliphatic heterocycles. The second-order valence-electron chi connectivity index (χ2n) is 5.90. The fourth-order valence-electron chi connectivity index (χ4n) is 3.43. The third kappa shape index (κ3) is 2.83. The first-order valence-corrected chi connectivity index (χ1v) is 7.66. The first-order chi connectivity index (χ1) is 10.2. The zero-order valence-corrected chi connectivity index (χ0v) is 12.5. The van der Waals surface area contributed by atoms with E-state index < -0.39 is 0 Å². The number of ether oxygens (including phenoxy) is 1. The number of likely N-dealkylation sites (tertiary alicyclic amines) is 1. The van der Waals surface area contributed by atoms with Gasteiger partial charge in [-0.1, -0.05) is 0 Å². The van der Waals surface area contributed by atoms with Crippen LogP contribution < -0.4 is 10.6 Å². The van der Waals surface area contributed by atoms with Crippen molar-refractivity contribution < 1.29 is 9.53 Å². The Bertz CT molecular complexity index is 526. The number of carbonyl (C=O) groups is 1. The standard InChI is InChI=1S/C16H23N3O2/c1-21-16(20)12-4-5-14(17)15(10-12)19-9-6-13(11-19)18-7-2-3-8-18/h4-5,10,13H,2-3,6-9,11,17H2,1H3. The van der Waals surface area contributed by atoms with Crippen molar-refractivity contribution in [2.45, 2.75) is 25.3 Å². The predicted molar refractivity (Wildman–Crippen MR) is 83.6 cm³/mol. The number of carbonyl (C=O) groups excluding carboxylic acids is 1. The van der Waals surface area contributed by atoms with Gasteiger partial charge in [-0.25, -0.2) is 4.79 Å². The quantitative estimate of drug-likeness (QED) is 0.678. The highest BCUT2D eigenvalue weighted by Crippen LogP contribution is 2.30. The number of hydrogen-bond acceptors (Lipinski definition) is 5. The lowest BCUT2D eigenvalue weighted by molar-refractivity contribution is 0.0601. The highest BCUT2D eigenvalue weighted by molar-refractivity contribution is 5.92. The number of hydrogen-bond donors (Lipinski definition) is 1. The number of rotatable bonds is 3. The largest absolute Gasteiger partial charge is 0.465 e. The van der Waals surface area contributed by atoms with Gasteiger partial charge in [-0.2, -0.15) is 0 Å². The molecule has 1 atom stereocenters. The normalized spacial score (nSPS) is 22.7. The highest BCUT2D eigenvalue weighted by Gasteiger charge is 2.30. The number of esters is 1. The Balaban J connectivity index is 1.76. The zero-order valence-electron chi connectivity index (χ0n) is 12.5. The summed E-state index contributed by atoms with van der Waals surface area (Å²) in [6.07, 6.45) is 3.80. The molecule has 2 aliphatic rings. The lowest BCUT2D eigenvalue weighted by Gasteiger charge is -2.25. The van der Waals surface area contributed by atoms with Gasteiger partial charge >= 0.3 is 5.97 Å². The molecule has 2 N–H and O–H groups in total. The summed E-state index contributed by atoms with van der Waals surface area (Å²) >= 11 is 0. The van der Waals surface area contributed by atoms with Crippen LogP contribution in [0.1, 0.15) is 29.6 Å². The summed E-state index contributed by atoms with van der Waals surface area (Å²) in [4.78, 5) is 16.6. The van der Waals surface area contributed by atoms with E-state index in [-0.39, 0.29) is 5.97 Å². The van der Waals surface area contributed by atoms with E-state index in [1.807, 2.05) is 6.07 Å². The van der Waals surface area contributed by atoms with Crippen molar-refractivity contribution in [3.63, 3.8) is 0 Å². The van der Waals surface area contributed by atoms with Crippen molar-refractivity contribution in [1.29, 1.82) is 0 Å². The topological polar surface area (TPSA) is 58.8 Å². The maximum atomic E-state index is 11.7. The van der Waals surface area contributed by atoms with Gasteiger partial charge in [0.15, 0.2) is 0 Å². The summed E-state index contributed by atoms with van der Waals surface area (Å²) in [6, 6.07) is 5.99. The Morgan fingerprint density at radius 3 is 2.76 bits per heavy atom. The first-order valence-electron chi connectivity index (χ1n) is 7.66. The van der Waals surface area contributed by atoms with Gasteiger partial charge in [0.25, 0.3) is 0 Å². The van der Waals surface area contributed by atoms with Gasteiger partial charge in [-0.3, -0.25) is 4.90 Å². The van der Waals surface area contributed by atoms with E-state index in [0.717, 1.165) is 24.5 Å². The van der Waals surface area contributed by atoms with Crippen LogP contribution in [-0.4, -0.2) is 50.2 Å². The number of nitrogens with zero attached hydrogens (tertiary/aromatic N) is 2. The van der Waals surface area contributed by atoms with Crippen molar-refractivity contribution >= 4 is 17.3 Å². The van der Waals surface area contributed by atoms with Crippen molar-refractivity contribution in [1.82, 2.24) is 4.90 Å². The number of benzene rings is 1. The lowest BCUT2D eigenvalue weighted by Crippen LogP contribution is -2.35. The SMILES string of the molecule is COC(=O)c1ccc(N)c(N2CCC(N3CCCC3)C2)c1. The van der Waals surface area contributed by atoms with Crippen LogP contribution in [0, 0.1) is 0 Å². The lowest BCUT2D eigenvalue weighted by atomic mass is 10.1. The van der Waals surface area contributed by atoms with Gasteiger partial charge in [-0.05, 0) is 50.6 Å². The molecule has 0 radical (unpaired) electrons. The van der Waals surface area contributed by atoms with Crippen LogP contribution in [0.5, 0.6) is 0 Å². The second-order valence-corrected chi connectivity index (χ2v) is 5.90. The molecule has 0 spiro atoms. The summed E-state index contributed by atoms with van der Waals surface area (Å²) in [5.41, 5.74) is 8.35. The maximum Gasteiger partial charge on any atom is 0.337 e. The minimum atomic E-state index is -0.313. The van der Waals surface area contributed by atoms with Gasteiger partial charge < -0.3 is 15.4 Å². The molecule has 0 bridgehead atoms. The summed E-state index contributed by atoms with van der Waals surface area (Å²) in [5.74, 6) is -0.313. The molecule has 0 aliphatic carbocycles. The molecule has 3 rings (SSSR count). The molecule has 2 fully saturated rings. The van der Waals surface area contributed by atoms with Crippen molar-refractivity contribution in [2.24, 2.45) is 0 Å². The van der Waals surface area contributed by atoms with Crippen molar-refractivity contribution in [3.8, 4) is 0 Å². The van der Waals surface area contributed by atoms with E-state index in [4.69, 9.17) is 10.5 Å². The molecule has 5 heteroatoms. The third-order valence-electron chi connectivity index (χ3n) is 4.61. The molecule has 1 unspecified atom stereocenters. The summed E-state index contributed by atoms with van der Waals surface area (Å²) in [5, 5.41) is 0. The van der Waals surface area contributed by atoms with Crippen molar-refractivity contribution in [3.05, 3.63) is 23.8 Å². The summed E-state index contributed by atoms with van der Waals surface area (Å²) in [6.45, 7) is 4.43. The smallest absolute Gasteiger partial charge is 0.337 e. The molecule has 2 saturated heterocycles. The van der Waals surface area contributed by atoms with E-state index in [2.05, 4.69) is 9.80 Å². The van der Waals surface area contributed by atoms with Crippen LogP contribution in [0.4, 0.5) is 11.4 Å². The van der Waals surface area contributed by atoms with Gasteiger partial charge in [0.2, 0.25) is 0 Å². The minimum Gasteiger partial charge on any atom is -0.465 e. The number of anilines is 2. The van der Waals surface area contributed by atoms with Crippen LogP contribution >= 0.6 is 0 Å². The minimum absolute atomic E-state index is 0.313. The molecule has 0 saturated carbocycles. The number of nitrogen functional groups attached to an aromatic ring is 1. The Morgan fingerprint density at radius 2 is 2.05 bits per heavy atom. The maximum absolute atomic E-state index is 11.7. The van der Waals surface area contributed by atoms with E-state index in [9.17, 15) is 4.79 Å². The Morgan fingerprint density at radius 1 is 1.29 bits per heavy atom. The summed E-state index contributed by atoms with van der Waals surface area (Å²) in [7, 11) is 1.40. The van der Waals surface area contributed by atoms with E-state index >= 15 is 0 Å². The Kier molecular flexibility index (Phi) is 4.01. The molecular weight excluding hydrogens is 266 g/mol.